The highest BCUT2D eigenvalue weighted by molar-refractivity contribution is 7.09. The van der Waals surface area contributed by atoms with Crippen LogP contribution >= 0.6 is 11.3 Å². The molecule has 1 fully saturated rings. The van der Waals surface area contributed by atoms with Gasteiger partial charge in [-0.05, 0) is 25.7 Å². The van der Waals surface area contributed by atoms with Crippen LogP contribution in [0.15, 0.2) is 11.6 Å². The smallest absolute Gasteiger partial charge is 0.292 e. The van der Waals surface area contributed by atoms with E-state index in [1.807, 2.05) is 21.0 Å². The van der Waals surface area contributed by atoms with Gasteiger partial charge in [0, 0.05) is 31.1 Å². The first-order chi connectivity index (χ1) is 10.8. The summed E-state index contributed by atoms with van der Waals surface area (Å²) in [5.41, 5.74) is 0. The van der Waals surface area contributed by atoms with Gasteiger partial charge in [0.05, 0.1) is 6.04 Å². The Bertz CT molecular complexity index is 666. The zero-order valence-electron chi connectivity index (χ0n) is 12.4. The first kappa shape index (κ1) is 13.9. The molecule has 4 heterocycles. The minimum atomic E-state index is 0.0124. The molecule has 1 amide bonds. The van der Waals surface area contributed by atoms with Crippen LogP contribution in [0, 0.1) is 0 Å². The molecular weight excluding hydrogens is 298 g/mol. The Morgan fingerprint density at radius 3 is 3.00 bits per heavy atom. The summed E-state index contributed by atoms with van der Waals surface area (Å²) >= 11 is 1.62. The fourth-order valence-corrected chi connectivity index (χ4v) is 4.22. The van der Waals surface area contributed by atoms with Crippen molar-refractivity contribution in [3.8, 4) is 0 Å². The van der Waals surface area contributed by atoms with Gasteiger partial charge < -0.3 is 9.47 Å². The van der Waals surface area contributed by atoms with Crippen molar-refractivity contribution >= 4 is 17.2 Å². The molecule has 2 aliphatic rings. The monoisotopic (exact) mass is 317 g/mol. The number of nitrogens with zero attached hydrogens (tertiary/aromatic N) is 5. The third-order valence-corrected chi connectivity index (χ3v) is 5.43. The molecule has 0 aromatic carbocycles. The maximum atomic E-state index is 13.0. The summed E-state index contributed by atoms with van der Waals surface area (Å²) in [6, 6.07) is 0.103. The number of hydrogen-bond donors (Lipinski definition) is 0. The second kappa shape index (κ2) is 5.79. The Morgan fingerprint density at radius 1 is 1.18 bits per heavy atom. The minimum absolute atomic E-state index is 0.0124. The average molecular weight is 317 g/mol. The molecule has 0 aliphatic carbocycles. The Labute approximate surface area is 133 Å². The van der Waals surface area contributed by atoms with E-state index in [2.05, 4.69) is 15.2 Å². The van der Waals surface area contributed by atoms with E-state index in [-0.39, 0.29) is 11.9 Å². The zero-order valence-corrected chi connectivity index (χ0v) is 13.3. The lowest BCUT2D eigenvalue weighted by Gasteiger charge is -2.22. The maximum Gasteiger partial charge on any atom is 0.292 e. The summed E-state index contributed by atoms with van der Waals surface area (Å²) in [5.74, 6) is 1.49. The van der Waals surface area contributed by atoms with Crippen molar-refractivity contribution in [2.45, 2.75) is 51.1 Å². The summed E-state index contributed by atoms with van der Waals surface area (Å²) in [6.45, 7) is 1.64. The van der Waals surface area contributed by atoms with Gasteiger partial charge in [0.1, 0.15) is 10.8 Å². The van der Waals surface area contributed by atoms with Crippen LogP contribution in [0.3, 0.4) is 0 Å². The second-order valence-electron chi connectivity index (χ2n) is 5.93. The van der Waals surface area contributed by atoms with E-state index in [0.717, 1.165) is 56.0 Å². The van der Waals surface area contributed by atoms with Gasteiger partial charge in [0.15, 0.2) is 0 Å². The van der Waals surface area contributed by atoms with Crippen molar-refractivity contribution in [1.29, 1.82) is 0 Å². The average Bonchev–Trinajstić information content (AvgIpc) is 3.24. The summed E-state index contributed by atoms with van der Waals surface area (Å²) in [7, 11) is 0. The van der Waals surface area contributed by atoms with Crippen molar-refractivity contribution in [3.63, 3.8) is 0 Å². The number of aryl methyl sites for hydroxylation is 1. The van der Waals surface area contributed by atoms with Crippen LogP contribution in [0.4, 0.5) is 0 Å². The number of carbonyl (C=O) groups excluding carboxylic acids is 1. The van der Waals surface area contributed by atoms with E-state index >= 15 is 0 Å². The molecule has 0 bridgehead atoms. The van der Waals surface area contributed by atoms with Gasteiger partial charge in [0.25, 0.3) is 5.91 Å². The fraction of sp³-hybridized carbons (Fsp3) is 0.600. The molecule has 0 spiro atoms. The van der Waals surface area contributed by atoms with E-state index in [1.54, 1.807) is 11.3 Å². The van der Waals surface area contributed by atoms with Crippen molar-refractivity contribution in [3.05, 3.63) is 28.2 Å². The standard InChI is InChI=1S/C15H19N5OS/c21-15(13-18-17-12-6-2-1-3-8-20(12)13)19-9-4-5-11(19)14-16-7-10-22-14/h7,10-11H,1-6,8-9H2/t11-/m0/s1. The highest BCUT2D eigenvalue weighted by Crippen LogP contribution is 2.34. The van der Waals surface area contributed by atoms with Crippen LogP contribution < -0.4 is 0 Å². The Hall–Kier alpha value is -1.76. The number of aromatic nitrogens is 4. The molecule has 0 unspecified atom stereocenters. The predicted octanol–water partition coefficient (Wildman–Crippen LogP) is 2.44. The molecule has 7 heteroatoms. The van der Waals surface area contributed by atoms with Crippen LogP contribution in [0.25, 0.3) is 0 Å². The number of hydrogen-bond acceptors (Lipinski definition) is 5. The van der Waals surface area contributed by atoms with Gasteiger partial charge in [-0.2, -0.15) is 0 Å². The molecular formula is C15H19N5OS. The number of amides is 1. The zero-order chi connectivity index (χ0) is 14.9. The lowest BCUT2D eigenvalue weighted by molar-refractivity contribution is 0.0717. The molecule has 22 heavy (non-hydrogen) atoms. The predicted molar refractivity (Wildman–Crippen MR) is 82.7 cm³/mol. The molecule has 2 aromatic rings. The van der Waals surface area contributed by atoms with Gasteiger partial charge >= 0.3 is 0 Å². The van der Waals surface area contributed by atoms with E-state index in [4.69, 9.17) is 0 Å². The molecule has 6 nitrogen and oxygen atoms in total. The first-order valence-electron chi connectivity index (χ1n) is 7.97. The third kappa shape index (κ3) is 2.33. The van der Waals surface area contributed by atoms with Crippen molar-refractivity contribution in [2.75, 3.05) is 6.54 Å². The summed E-state index contributed by atoms with van der Waals surface area (Å²) in [4.78, 5) is 19.3. The van der Waals surface area contributed by atoms with Gasteiger partial charge in [-0.25, -0.2) is 4.98 Å². The van der Waals surface area contributed by atoms with Crippen LogP contribution in [-0.2, 0) is 13.0 Å². The van der Waals surface area contributed by atoms with Gasteiger partial charge in [-0.1, -0.05) is 6.42 Å². The maximum absolute atomic E-state index is 13.0. The molecule has 1 saturated heterocycles. The molecule has 0 radical (unpaired) electrons. The van der Waals surface area contributed by atoms with Crippen molar-refractivity contribution in [1.82, 2.24) is 24.6 Å². The quantitative estimate of drug-likeness (QED) is 0.853. The third-order valence-electron chi connectivity index (χ3n) is 4.55. The molecule has 4 rings (SSSR count). The number of fused-ring (bicyclic) bond motifs is 1. The summed E-state index contributed by atoms with van der Waals surface area (Å²) in [6.07, 6.45) is 8.18. The highest BCUT2D eigenvalue weighted by Gasteiger charge is 2.35. The minimum Gasteiger partial charge on any atom is -0.326 e. The topological polar surface area (TPSA) is 63.9 Å². The molecule has 2 aromatic heterocycles. The van der Waals surface area contributed by atoms with Crippen LogP contribution in [0.2, 0.25) is 0 Å². The van der Waals surface area contributed by atoms with Crippen molar-refractivity contribution in [2.24, 2.45) is 0 Å². The number of thiazole rings is 1. The van der Waals surface area contributed by atoms with Gasteiger partial charge in [0.2, 0.25) is 5.82 Å². The SMILES string of the molecule is O=C(c1nnc2n1CCCCC2)N1CCC[C@H]1c1nccs1. The molecule has 2 aliphatic heterocycles. The van der Waals surface area contributed by atoms with Gasteiger partial charge in [-0.3, -0.25) is 4.79 Å². The van der Waals surface area contributed by atoms with Crippen LogP contribution in [0.1, 0.15) is 59.6 Å². The van der Waals surface area contributed by atoms with E-state index < -0.39 is 0 Å². The summed E-state index contributed by atoms with van der Waals surface area (Å²) < 4.78 is 2.03. The number of rotatable bonds is 2. The highest BCUT2D eigenvalue weighted by atomic mass is 32.1. The second-order valence-corrected chi connectivity index (χ2v) is 6.86. The van der Waals surface area contributed by atoms with E-state index in [9.17, 15) is 4.79 Å². The first-order valence-corrected chi connectivity index (χ1v) is 8.85. The Kier molecular flexibility index (Phi) is 3.65. The molecule has 116 valence electrons. The van der Waals surface area contributed by atoms with E-state index in [1.165, 1.54) is 6.42 Å². The van der Waals surface area contributed by atoms with E-state index in [0.29, 0.717) is 5.82 Å². The lowest BCUT2D eigenvalue weighted by Crippen LogP contribution is -2.33. The summed E-state index contributed by atoms with van der Waals surface area (Å²) in [5, 5.41) is 11.5. The van der Waals surface area contributed by atoms with Crippen LogP contribution in [0.5, 0.6) is 0 Å². The normalized spacial score (nSPS) is 21.6. The lowest BCUT2D eigenvalue weighted by atomic mass is 10.2. The Balaban J connectivity index is 1.63. The number of likely N-dealkylation sites (tertiary alicyclic amines) is 1. The van der Waals surface area contributed by atoms with Gasteiger partial charge in [-0.15, -0.1) is 21.5 Å². The molecule has 1 atom stereocenters. The van der Waals surface area contributed by atoms with Crippen LogP contribution in [-0.4, -0.2) is 37.1 Å². The molecule has 0 saturated carbocycles. The largest absolute Gasteiger partial charge is 0.326 e. The molecule has 0 N–H and O–H groups in total. The van der Waals surface area contributed by atoms with Crippen molar-refractivity contribution < 1.29 is 4.79 Å². The fourth-order valence-electron chi connectivity index (χ4n) is 3.44. The number of carbonyl (C=O) groups is 1. The Morgan fingerprint density at radius 2 is 2.14 bits per heavy atom.